The Hall–Kier alpha value is -2.80. The molecule has 0 spiro atoms. The zero-order chi connectivity index (χ0) is 19.3. The average Bonchev–Trinajstić information content (AvgIpc) is 3.22. The summed E-state index contributed by atoms with van der Waals surface area (Å²) in [5, 5.41) is 5.21. The van der Waals surface area contributed by atoms with Crippen molar-refractivity contribution in [2.24, 2.45) is 7.05 Å². The monoisotopic (exact) mass is 376 g/mol. The number of likely N-dealkylation sites (N-methyl/N-ethyl adjacent to an activating group) is 1. The zero-order valence-electron chi connectivity index (χ0n) is 16.2. The van der Waals surface area contributed by atoms with Gasteiger partial charge in [0.2, 0.25) is 5.91 Å². The third-order valence-corrected chi connectivity index (χ3v) is 5.93. The standard InChI is InChI=1S/C21H24N6O/c1-25-12-17-5-6-18(13-25)27(17)21(28)8-20-22-9-15-4-3-14(7-19(15)24-20)16-10-23-26(2)11-16/h3-4,7,9-11,17-18H,5-6,8,12-13H2,1-2H3. The smallest absolute Gasteiger partial charge is 0.230 e. The van der Waals surface area contributed by atoms with Crippen molar-refractivity contribution in [2.45, 2.75) is 31.3 Å². The summed E-state index contributed by atoms with van der Waals surface area (Å²) >= 11 is 0. The quantitative estimate of drug-likeness (QED) is 0.698. The minimum atomic E-state index is 0.156. The molecule has 0 saturated carbocycles. The molecule has 28 heavy (non-hydrogen) atoms. The van der Waals surface area contributed by atoms with Gasteiger partial charge in [0, 0.05) is 55.6 Å². The van der Waals surface area contributed by atoms with Gasteiger partial charge in [0.15, 0.2) is 0 Å². The van der Waals surface area contributed by atoms with E-state index >= 15 is 0 Å². The lowest BCUT2D eigenvalue weighted by atomic mass is 10.1. The number of carbonyl (C=O) groups is 1. The average molecular weight is 376 g/mol. The van der Waals surface area contributed by atoms with E-state index in [0.717, 1.165) is 48.0 Å². The second kappa shape index (κ2) is 6.67. The molecule has 3 aromatic rings. The predicted molar refractivity (Wildman–Crippen MR) is 107 cm³/mol. The fourth-order valence-corrected chi connectivity index (χ4v) is 4.64. The lowest BCUT2D eigenvalue weighted by Gasteiger charge is -2.39. The first-order chi connectivity index (χ1) is 13.6. The van der Waals surface area contributed by atoms with E-state index < -0.39 is 0 Å². The van der Waals surface area contributed by atoms with Crippen LogP contribution in [0, 0.1) is 0 Å². The van der Waals surface area contributed by atoms with Crippen LogP contribution in [0.1, 0.15) is 18.7 Å². The Morgan fingerprint density at radius 2 is 1.89 bits per heavy atom. The Morgan fingerprint density at radius 3 is 2.61 bits per heavy atom. The van der Waals surface area contributed by atoms with Gasteiger partial charge in [-0.05, 0) is 31.5 Å². The van der Waals surface area contributed by atoms with Crippen LogP contribution < -0.4 is 0 Å². The molecule has 2 saturated heterocycles. The Labute approximate surface area is 164 Å². The molecule has 0 aliphatic carbocycles. The Balaban J connectivity index is 1.39. The fraction of sp³-hybridized carbons (Fsp3) is 0.429. The lowest BCUT2D eigenvalue weighted by Crippen LogP contribution is -2.55. The first-order valence-electron chi connectivity index (χ1n) is 9.81. The summed E-state index contributed by atoms with van der Waals surface area (Å²) in [6.45, 7) is 1.94. The van der Waals surface area contributed by atoms with Crippen molar-refractivity contribution in [1.29, 1.82) is 0 Å². The van der Waals surface area contributed by atoms with Gasteiger partial charge in [0.25, 0.3) is 0 Å². The molecule has 0 N–H and O–H groups in total. The van der Waals surface area contributed by atoms with Gasteiger partial charge >= 0.3 is 0 Å². The Morgan fingerprint density at radius 1 is 1.11 bits per heavy atom. The largest absolute Gasteiger partial charge is 0.334 e. The molecular weight excluding hydrogens is 352 g/mol. The molecule has 7 heteroatoms. The highest BCUT2D eigenvalue weighted by Gasteiger charge is 2.41. The predicted octanol–water partition coefficient (Wildman–Crippen LogP) is 1.88. The molecule has 4 heterocycles. The van der Waals surface area contributed by atoms with Gasteiger partial charge < -0.3 is 9.80 Å². The summed E-state index contributed by atoms with van der Waals surface area (Å²) in [4.78, 5) is 26.5. The molecule has 1 amide bonds. The van der Waals surface area contributed by atoms with Crippen molar-refractivity contribution in [1.82, 2.24) is 29.5 Å². The number of rotatable bonds is 3. The number of hydrogen-bond acceptors (Lipinski definition) is 5. The van der Waals surface area contributed by atoms with Crippen molar-refractivity contribution < 1.29 is 4.79 Å². The van der Waals surface area contributed by atoms with Gasteiger partial charge in [0.05, 0.1) is 18.1 Å². The highest BCUT2D eigenvalue weighted by molar-refractivity contribution is 5.84. The number of carbonyl (C=O) groups excluding carboxylic acids is 1. The van der Waals surface area contributed by atoms with E-state index in [2.05, 4.69) is 33.0 Å². The maximum Gasteiger partial charge on any atom is 0.230 e. The fourth-order valence-electron chi connectivity index (χ4n) is 4.64. The Kier molecular flexibility index (Phi) is 4.12. The number of fused-ring (bicyclic) bond motifs is 3. The van der Waals surface area contributed by atoms with Crippen LogP contribution in [0.5, 0.6) is 0 Å². The molecule has 0 radical (unpaired) electrons. The highest BCUT2D eigenvalue weighted by Crippen LogP contribution is 2.30. The number of hydrogen-bond donors (Lipinski definition) is 0. The van der Waals surface area contributed by atoms with E-state index in [0.29, 0.717) is 17.9 Å². The van der Waals surface area contributed by atoms with Crippen molar-refractivity contribution in [3.8, 4) is 11.1 Å². The minimum Gasteiger partial charge on any atom is -0.334 e. The number of aryl methyl sites for hydroxylation is 1. The molecular formula is C21H24N6O. The number of piperazine rings is 1. The number of nitrogens with zero attached hydrogens (tertiary/aromatic N) is 6. The molecule has 144 valence electrons. The van der Waals surface area contributed by atoms with Crippen LogP contribution in [0.2, 0.25) is 0 Å². The molecule has 2 aliphatic heterocycles. The van der Waals surface area contributed by atoms with Crippen molar-refractivity contribution in [2.75, 3.05) is 20.1 Å². The van der Waals surface area contributed by atoms with Gasteiger partial charge in [-0.25, -0.2) is 9.97 Å². The number of likely N-dealkylation sites (tertiary alicyclic amines) is 1. The summed E-state index contributed by atoms with van der Waals surface area (Å²) in [5.41, 5.74) is 2.98. The topological polar surface area (TPSA) is 67.2 Å². The van der Waals surface area contributed by atoms with Crippen LogP contribution in [0.3, 0.4) is 0 Å². The van der Waals surface area contributed by atoms with E-state index in [1.165, 1.54) is 0 Å². The van der Waals surface area contributed by atoms with E-state index in [1.807, 2.05) is 37.8 Å². The van der Waals surface area contributed by atoms with Crippen LogP contribution >= 0.6 is 0 Å². The second-order valence-corrected chi connectivity index (χ2v) is 8.05. The van der Waals surface area contributed by atoms with Gasteiger partial charge in [-0.15, -0.1) is 0 Å². The van der Waals surface area contributed by atoms with Crippen molar-refractivity contribution in [3.63, 3.8) is 0 Å². The number of aromatic nitrogens is 4. The lowest BCUT2D eigenvalue weighted by molar-refractivity contribution is -0.136. The van der Waals surface area contributed by atoms with Gasteiger partial charge in [-0.1, -0.05) is 12.1 Å². The van der Waals surface area contributed by atoms with Crippen LogP contribution in [-0.4, -0.2) is 67.7 Å². The number of benzene rings is 1. The van der Waals surface area contributed by atoms with Gasteiger partial charge in [0.1, 0.15) is 5.82 Å². The molecule has 1 aromatic carbocycles. The van der Waals surface area contributed by atoms with Gasteiger partial charge in [-0.2, -0.15) is 5.10 Å². The summed E-state index contributed by atoms with van der Waals surface area (Å²) in [7, 11) is 4.04. The van der Waals surface area contributed by atoms with Crippen LogP contribution in [0.4, 0.5) is 0 Å². The molecule has 2 bridgehead atoms. The van der Waals surface area contributed by atoms with Crippen LogP contribution in [0.25, 0.3) is 22.0 Å². The van der Waals surface area contributed by atoms with Crippen molar-refractivity contribution in [3.05, 3.63) is 42.6 Å². The molecule has 2 fully saturated rings. The first-order valence-corrected chi connectivity index (χ1v) is 9.81. The summed E-state index contributed by atoms with van der Waals surface area (Å²) < 4.78 is 1.79. The zero-order valence-corrected chi connectivity index (χ0v) is 16.2. The second-order valence-electron chi connectivity index (χ2n) is 8.05. The van der Waals surface area contributed by atoms with E-state index in [-0.39, 0.29) is 12.3 Å². The Bertz CT molecular complexity index is 1030. The third-order valence-electron chi connectivity index (χ3n) is 5.93. The van der Waals surface area contributed by atoms with Crippen LogP contribution in [0.15, 0.2) is 36.8 Å². The minimum absolute atomic E-state index is 0.156. The van der Waals surface area contributed by atoms with E-state index in [4.69, 9.17) is 4.98 Å². The third kappa shape index (κ3) is 3.05. The summed E-state index contributed by atoms with van der Waals surface area (Å²) in [6.07, 6.45) is 8.12. The molecule has 2 atom stereocenters. The van der Waals surface area contributed by atoms with E-state index in [1.54, 1.807) is 4.68 Å². The molecule has 7 nitrogen and oxygen atoms in total. The highest BCUT2D eigenvalue weighted by atomic mass is 16.2. The van der Waals surface area contributed by atoms with Gasteiger partial charge in [-0.3, -0.25) is 9.48 Å². The maximum atomic E-state index is 13.0. The normalized spacial score (nSPS) is 22.1. The number of amides is 1. The molecule has 2 aliphatic rings. The molecule has 2 aromatic heterocycles. The summed E-state index contributed by atoms with van der Waals surface area (Å²) in [6, 6.07) is 6.80. The molecule has 5 rings (SSSR count). The SMILES string of the molecule is CN1CC2CCC(C1)N2C(=O)Cc1ncc2ccc(-c3cnn(C)c3)cc2n1. The first kappa shape index (κ1) is 17.3. The van der Waals surface area contributed by atoms with Crippen molar-refractivity contribution >= 4 is 16.8 Å². The van der Waals surface area contributed by atoms with E-state index in [9.17, 15) is 4.79 Å². The van der Waals surface area contributed by atoms with Crippen LogP contribution in [-0.2, 0) is 18.3 Å². The molecule has 2 unspecified atom stereocenters. The maximum absolute atomic E-state index is 13.0. The summed E-state index contributed by atoms with van der Waals surface area (Å²) in [5.74, 6) is 0.752.